The van der Waals surface area contributed by atoms with E-state index in [1.165, 1.54) is 49.5 Å². The number of carbonyl (C=O) groups excluding carboxylic acids is 3. The van der Waals surface area contributed by atoms with E-state index in [-0.39, 0.29) is 23.4 Å². The molecular weight excluding hydrogens is 1100 g/mol. The number of H-pyrrole nitrogens is 5. The molecule has 0 saturated heterocycles. The minimum absolute atomic E-state index is 0.0448. The fraction of sp³-hybridized carbons (Fsp3) is 0.319. The van der Waals surface area contributed by atoms with E-state index in [2.05, 4.69) is 214 Å². The Balaban J connectivity index is 0.000000133. The van der Waals surface area contributed by atoms with E-state index in [1.54, 1.807) is 12.1 Å². The number of nitrogens with zero attached hydrogens (tertiary/aromatic N) is 3. The molecule has 0 fully saturated rings. The summed E-state index contributed by atoms with van der Waals surface area (Å²) in [5, 5.41) is 15.6. The van der Waals surface area contributed by atoms with Gasteiger partial charge in [0.15, 0.2) is 11.5 Å². The maximum absolute atomic E-state index is 11.3. The number of ether oxygens (including phenoxy) is 2. The molecule has 0 bridgehead atoms. The number of imidazole rings is 1. The van der Waals surface area contributed by atoms with Gasteiger partial charge in [-0.3, -0.25) is 24.8 Å². The standard InChI is InChI=1S/C11H11NO2.C11H13N.2C10H12N2O.2C10H12N2.C10H12O2/c1-6(2)7-3-4-8-9(5-7)11(14)12-10(8)13;1-8(2)9-3-4-11-10(7-9)5-6-12-11;1-6(2)8-3-7-4-9(13)12-10(7)11-5-8;1-6(2)7-3-4-8-9(5-7)12-10(13)11-8;1-7(2)8-3-4-10-9(5-8)6-11-12-10;1-7(2)9-4-3-8-5-6-11-10(8)12-9;1-7(2)8-3-4-9-10(5-8)12-6-11-9/h3-6H,1-2H3,(H,12,13,14);3-8,12H,1-2H3;3,5-6H,4H2,1-2H3,(H,11,12,13);3-6H,1-2H3,(H2,11,12,13);2*3-7H,1-2H3,(H,11,12);3-5,7H,6H2,1-2H3. The molecule has 0 atom stereocenters. The van der Waals surface area contributed by atoms with Gasteiger partial charge in [-0.25, -0.2) is 14.8 Å². The first-order valence-electron chi connectivity index (χ1n) is 30.4. The summed E-state index contributed by atoms with van der Waals surface area (Å²) < 4.78 is 10.5. The van der Waals surface area contributed by atoms with Crippen LogP contribution in [0.2, 0.25) is 0 Å². The smallest absolute Gasteiger partial charge is 0.323 e. The molecule has 3 aliphatic rings. The van der Waals surface area contributed by atoms with E-state index in [0.717, 1.165) is 56.3 Å². The Morgan fingerprint density at radius 2 is 0.989 bits per heavy atom. The van der Waals surface area contributed by atoms with Crippen LogP contribution >= 0.6 is 0 Å². The molecule has 3 aliphatic heterocycles. The first-order valence-corrected chi connectivity index (χ1v) is 30.4. The number of rotatable bonds is 7. The second kappa shape index (κ2) is 29.2. The molecule has 0 saturated carbocycles. The molecule has 3 amide bonds. The average Bonchev–Trinajstić information content (AvgIpc) is 2.74. The van der Waals surface area contributed by atoms with Gasteiger partial charge in [0.05, 0.1) is 40.3 Å². The number of amides is 3. The van der Waals surface area contributed by atoms with Crippen LogP contribution in [0.25, 0.3) is 43.9 Å². The number of pyridine rings is 2. The van der Waals surface area contributed by atoms with E-state index in [9.17, 15) is 19.2 Å². The molecule has 16 heteroatoms. The molecule has 0 spiro atoms. The van der Waals surface area contributed by atoms with E-state index in [4.69, 9.17) is 9.47 Å². The van der Waals surface area contributed by atoms with Crippen molar-refractivity contribution >= 4 is 67.4 Å². The largest absolute Gasteiger partial charge is 0.454 e. The molecule has 9 heterocycles. The van der Waals surface area contributed by atoms with Crippen LogP contribution in [0.4, 0.5) is 5.82 Å². The van der Waals surface area contributed by atoms with Crippen molar-refractivity contribution in [3.8, 4) is 11.5 Å². The molecule has 458 valence electrons. The lowest BCUT2D eigenvalue weighted by Crippen LogP contribution is -2.19. The van der Waals surface area contributed by atoms with Crippen molar-refractivity contribution in [2.24, 2.45) is 0 Å². The molecular formula is C72H84N10O6. The third-order valence-corrected chi connectivity index (χ3v) is 15.4. The number of carbonyl (C=O) groups is 3. The highest BCUT2D eigenvalue weighted by Gasteiger charge is 2.27. The maximum Gasteiger partial charge on any atom is 0.323 e. The Labute approximate surface area is 515 Å². The Hall–Kier alpha value is -9.57. The van der Waals surface area contributed by atoms with Gasteiger partial charge in [-0.2, -0.15) is 5.10 Å². The van der Waals surface area contributed by atoms with Crippen molar-refractivity contribution in [1.82, 2.24) is 45.4 Å². The van der Waals surface area contributed by atoms with Gasteiger partial charge in [0.1, 0.15) is 11.5 Å². The van der Waals surface area contributed by atoms with Gasteiger partial charge >= 0.3 is 5.69 Å². The fourth-order valence-electron chi connectivity index (χ4n) is 9.69. The Morgan fingerprint density at radius 1 is 0.432 bits per heavy atom. The minimum atomic E-state index is -0.291. The predicted molar refractivity (Wildman–Crippen MR) is 355 cm³/mol. The van der Waals surface area contributed by atoms with Crippen LogP contribution in [-0.2, 0) is 11.2 Å². The molecule has 11 aromatic rings. The molecule has 88 heavy (non-hydrogen) atoms. The molecule has 5 aromatic carbocycles. The highest BCUT2D eigenvalue weighted by molar-refractivity contribution is 6.21. The van der Waals surface area contributed by atoms with Crippen LogP contribution in [-0.4, -0.2) is 64.6 Å². The zero-order valence-electron chi connectivity index (χ0n) is 53.1. The lowest BCUT2D eigenvalue weighted by Gasteiger charge is -2.05. The lowest BCUT2D eigenvalue weighted by atomic mass is 9.98. The van der Waals surface area contributed by atoms with Gasteiger partial charge in [-0.05, 0) is 171 Å². The predicted octanol–water partition coefficient (Wildman–Crippen LogP) is 16.6. The molecule has 0 unspecified atom stereocenters. The number of nitrogens with one attached hydrogen (secondary N) is 7. The van der Waals surface area contributed by atoms with Gasteiger partial charge in [0.2, 0.25) is 12.7 Å². The number of imide groups is 1. The first kappa shape index (κ1) is 64.4. The summed E-state index contributed by atoms with van der Waals surface area (Å²) >= 11 is 0. The second-order valence-electron chi connectivity index (χ2n) is 24.4. The number of aromatic amines is 5. The number of benzene rings is 5. The Kier molecular flexibility index (Phi) is 21.4. The van der Waals surface area contributed by atoms with Gasteiger partial charge in [0.25, 0.3) is 11.8 Å². The monoisotopic (exact) mass is 1180 g/mol. The average molecular weight is 1190 g/mol. The first-order chi connectivity index (χ1) is 42.0. The van der Waals surface area contributed by atoms with Crippen LogP contribution < -0.4 is 25.8 Å². The van der Waals surface area contributed by atoms with E-state index in [1.807, 2.05) is 67.3 Å². The quantitative estimate of drug-likeness (QED) is 0.0752. The summed E-state index contributed by atoms with van der Waals surface area (Å²) in [6.45, 7) is 30.4. The van der Waals surface area contributed by atoms with Gasteiger partial charge in [-0.15, -0.1) is 0 Å². The van der Waals surface area contributed by atoms with Gasteiger partial charge in [-0.1, -0.05) is 127 Å². The molecule has 7 N–H and O–H groups in total. The van der Waals surface area contributed by atoms with Crippen molar-refractivity contribution in [3.63, 3.8) is 0 Å². The van der Waals surface area contributed by atoms with Crippen LogP contribution in [0.5, 0.6) is 11.5 Å². The van der Waals surface area contributed by atoms with Crippen LogP contribution in [0.3, 0.4) is 0 Å². The molecule has 14 rings (SSSR count). The maximum atomic E-state index is 11.3. The number of anilines is 1. The number of hydrogen-bond acceptors (Lipinski definition) is 9. The Bertz CT molecular complexity index is 4040. The normalized spacial score (nSPS) is 12.6. The number of aromatic nitrogens is 8. The van der Waals surface area contributed by atoms with Crippen molar-refractivity contribution in [2.45, 2.75) is 145 Å². The van der Waals surface area contributed by atoms with Crippen molar-refractivity contribution < 1.29 is 23.9 Å². The molecule has 16 nitrogen and oxygen atoms in total. The van der Waals surface area contributed by atoms with Gasteiger partial charge < -0.3 is 34.7 Å². The fourth-order valence-corrected chi connectivity index (χ4v) is 9.69. The summed E-state index contributed by atoms with van der Waals surface area (Å²) in [5.41, 5.74) is 15.7. The molecule has 6 aromatic heterocycles. The lowest BCUT2D eigenvalue weighted by molar-refractivity contribution is -0.115. The summed E-state index contributed by atoms with van der Waals surface area (Å²) in [6.07, 6.45) is 8.07. The zero-order valence-corrected chi connectivity index (χ0v) is 53.1. The highest BCUT2D eigenvalue weighted by atomic mass is 16.7. The number of fused-ring (bicyclic) bond motifs is 7. The summed E-state index contributed by atoms with van der Waals surface area (Å²) in [4.78, 5) is 65.0. The minimum Gasteiger partial charge on any atom is -0.454 e. The van der Waals surface area contributed by atoms with Crippen LogP contribution in [0.1, 0.15) is 204 Å². The number of hydrogen-bond donors (Lipinski definition) is 7. The summed E-state index contributed by atoms with van der Waals surface area (Å²) in [7, 11) is 0. The Morgan fingerprint density at radius 3 is 1.67 bits per heavy atom. The topological polar surface area (TPSA) is 228 Å². The van der Waals surface area contributed by atoms with Crippen LogP contribution in [0, 0.1) is 0 Å². The SMILES string of the molecule is CC(C)c1ccc2[nH]c(=O)[nH]c2c1.CC(C)c1ccc2[nH]ccc2c1.CC(C)c1ccc2[nH]ncc2c1.CC(C)c1ccc2c(c1)C(=O)NC2=O.CC(C)c1ccc2c(c1)OCO2.CC(C)c1ccc2cc[nH]c2n1.CC(C)c1cnc2c(c1)CC(=O)N2. The second-order valence-corrected chi connectivity index (χ2v) is 24.4. The zero-order chi connectivity index (χ0) is 63.3. The molecule has 0 aliphatic carbocycles. The van der Waals surface area contributed by atoms with Crippen molar-refractivity contribution in [2.75, 3.05) is 12.1 Å². The van der Waals surface area contributed by atoms with Crippen LogP contribution in [0.15, 0.2) is 151 Å². The highest BCUT2D eigenvalue weighted by Crippen LogP contribution is 2.34. The van der Waals surface area contributed by atoms with Gasteiger partial charge in [0, 0.05) is 46.1 Å². The van der Waals surface area contributed by atoms with E-state index < -0.39 is 0 Å². The van der Waals surface area contributed by atoms with E-state index >= 15 is 0 Å². The van der Waals surface area contributed by atoms with Crippen molar-refractivity contribution in [3.05, 3.63) is 212 Å². The third kappa shape index (κ3) is 16.7. The summed E-state index contributed by atoms with van der Waals surface area (Å²) in [6, 6.07) is 40.9. The molecule has 0 radical (unpaired) electrons. The third-order valence-electron chi connectivity index (χ3n) is 15.4. The summed E-state index contributed by atoms with van der Waals surface area (Å²) in [5.74, 6) is 5.50. The van der Waals surface area contributed by atoms with E-state index in [0.29, 0.717) is 65.8 Å². The van der Waals surface area contributed by atoms with Crippen molar-refractivity contribution in [1.29, 1.82) is 0 Å².